The summed E-state index contributed by atoms with van der Waals surface area (Å²) in [5.74, 6) is 0.777. The van der Waals surface area contributed by atoms with Crippen LogP contribution in [0, 0.1) is 0 Å². The monoisotopic (exact) mass is 453 g/mol. The van der Waals surface area contributed by atoms with Crippen molar-refractivity contribution in [3.05, 3.63) is 54.6 Å². The summed E-state index contributed by atoms with van der Waals surface area (Å²) < 4.78 is 14.8. The summed E-state index contributed by atoms with van der Waals surface area (Å²) in [4.78, 5) is 11.6. The fraction of sp³-hybridized carbons (Fsp3) is 0.286. The van der Waals surface area contributed by atoms with Crippen LogP contribution in [-0.2, 0) is 11.4 Å². The Kier molecular flexibility index (Phi) is 5.77. The summed E-state index contributed by atoms with van der Waals surface area (Å²) in [5.41, 5.74) is 4.34. The number of allylic oxidation sites excluding steroid dienone is 1. The van der Waals surface area contributed by atoms with Gasteiger partial charge in [-0.2, -0.15) is 5.10 Å². The molecule has 0 spiro atoms. The molecule has 3 aromatic rings. The maximum Gasteiger partial charge on any atom is 0.189 e. The highest BCUT2D eigenvalue weighted by atomic mass is 32.2. The minimum Gasteiger partial charge on any atom is -0.598 e. The van der Waals surface area contributed by atoms with Gasteiger partial charge in [-0.1, -0.05) is 23.5 Å². The van der Waals surface area contributed by atoms with Gasteiger partial charge in [0.15, 0.2) is 5.13 Å². The first-order valence-electron chi connectivity index (χ1n) is 10.1. The van der Waals surface area contributed by atoms with Crippen molar-refractivity contribution in [3.63, 3.8) is 0 Å². The molecule has 31 heavy (non-hydrogen) atoms. The lowest BCUT2D eigenvalue weighted by molar-refractivity contribution is 0.227. The van der Waals surface area contributed by atoms with Crippen LogP contribution in [-0.4, -0.2) is 67.2 Å². The first-order valence-corrected chi connectivity index (χ1v) is 12.4. The van der Waals surface area contributed by atoms with Gasteiger partial charge in [0.25, 0.3) is 0 Å². The largest absolute Gasteiger partial charge is 0.598 e. The summed E-state index contributed by atoms with van der Waals surface area (Å²) in [6.45, 7) is 3.34. The first-order chi connectivity index (χ1) is 15.2. The van der Waals surface area contributed by atoms with Gasteiger partial charge < -0.3 is 14.8 Å². The topological polar surface area (TPSA) is 95.5 Å². The number of aromatic amines is 1. The molecule has 0 saturated carbocycles. The predicted molar refractivity (Wildman–Crippen MR) is 127 cm³/mol. The van der Waals surface area contributed by atoms with E-state index < -0.39 is 11.4 Å². The summed E-state index contributed by atoms with van der Waals surface area (Å²) in [7, 11) is 0. The maximum atomic E-state index is 11.7. The maximum absolute atomic E-state index is 11.7. The van der Waals surface area contributed by atoms with Crippen LogP contribution in [0.25, 0.3) is 21.3 Å². The molecule has 0 amide bonds. The molecule has 0 aliphatic carbocycles. The van der Waals surface area contributed by atoms with Gasteiger partial charge in [-0.05, 0) is 17.7 Å². The van der Waals surface area contributed by atoms with Crippen molar-refractivity contribution in [1.29, 1.82) is 0 Å². The van der Waals surface area contributed by atoms with E-state index in [-0.39, 0.29) is 0 Å². The lowest BCUT2D eigenvalue weighted by atomic mass is 10.1. The van der Waals surface area contributed by atoms with Crippen molar-refractivity contribution in [2.75, 3.05) is 37.8 Å². The lowest BCUT2D eigenvalue weighted by Crippen LogP contribution is -2.47. The molecule has 1 fully saturated rings. The second-order valence-corrected chi connectivity index (χ2v) is 9.79. The van der Waals surface area contributed by atoms with Gasteiger partial charge in [0.2, 0.25) is 0 Å². The first kappa shape index (κ1) is 20.3. The number of aliphatic imine (C=N–C) groups is 1. The predicted octanol–water partition coefficient (Wildman–Crippen LogP) is 3.21. The SMILES string of the molecule is C[S+]([O-])N1CCN(C2=CC(Nc3nc4ccc(-c5cn[nH]c5)cc4s3)=NC=CC2)CC1. The zero-order chi connectivity index (χ0) is 21.2. The van der Waals surface area contributed by atoms with Crippen molar-refractivity contribution in [2.45, 2.75) is 6.42 Å². The normalized spacial score (nSPS) is 18.6. The average Bonchev–Trinajstić information content (AvgIpc) is 3.39. The minimum absolute atomic E-state index is 0.777. The molecule has 2 aliphatic rings. The molecule has 2 aliphatic heterocycles. The Morgan fingerprint density at radius 2 is 2.06 bits per heavy atom. The third kappa shape index (κ3) is 4.52. The van der Waals surface area contributed by atoms with Crippen molar-refractivity contribution >= 4 is 43.9 Å². The van der Waals surface area contributed by atoms with E-state index in [1.807, 2.05) is 29.0 Å². The van der Waals surface area contributed by atoms with Crippen molar-refractivity contribution in [1.82, 2.24) is 24.4 Å². The number of amidine groups is 1. The molecular weight excluding hydrogens is 430 g/mol. The lowest BCUT2D eigenvalue weighted by Gasteiger charge is -2.35. The molecule has 5 rings (SSSR count). The second kappa shape index (κ2) is 8.83. The van der Waals surface area contributed by atoms with Crippen molar-refractivity contribution < 1.29 is 4.55 Å². The molecule has 1 aromatic carbocycles. The Balaban J connectivity index is 1.33. The second-order valence-electron chi connectivity index (χ2n) is 7.39. The smallest absolute Gasteiger partial charge is 0.189 e. The Morgan fingerprint density at radius 1 is 1.19 bits per heavy atom. The molecule has 2 aromatic heterocycles. The number of anilines is 1. The van der Waals surface area contributed by atoms with Crippen LogP contribution in [0.5, 0.6) is 0 Å². The molecule has 1 saturated heterocycles. The van der Waals surface area contributed by atoms with Gasteiger partial charge in [0.05, 0.1) is 29.5 Å². The third-order valence-corrected chi connectivity index (χ3v) is 7.44. The molecule has 4 heterocycles. The van der Waals surface area contributed by atoms with E-state index in [4.69, 9.17) is 4.98 Å². The van der Waals surface area contributed by atoms with Gasteiger partial charge in [0.1, 0.15) is 12.1 Å². The summed E-state index contributed by atoms with van der Waals surface area (Å²) in [5, 5.41) is 11.1. The van der Waals surface area contributed by atoms with Gasteiger partial charge in [-0.25, -0.2) is 9.98 Å². The van der Waals surface area contributed by atoms with Crippen LogP contribution in [0.3, 0.4) is 0 Å². The molecule has 0 bridgehead atoms. The number of rotatable bonds is 4. The standard InChI is InChI=1S/C21H23N7OS2/c1-31(29)28-9-7-27(8-10-28)17-3-2-6-22-20(12-17)26-21-25-18-5-4-15(11-19(18)30-21)16-13-23-24-14-16/h2,4-6,11-14H,3,7-10H2,1H3,(H,23,24)(H,22,25,26). The molecule has 8 nitrogen and oxygen atoms in total. The number of nitrogens with zero attached hydrogens (tertiary/aromatic N) is 5. The van der Waals surface area contributed by atoms with Gasteiger partial charge in [-0.15, -0.1) is 4.31 Å². The number of hydrogen-bond acceptors (Lipinski definition) is 8. The van der Waals surface area contributed by atoms with E-state index in [1.165, 1.54) is 5.70 Å². The molecular formula is C21H23N7OS2. The Morgan fingerprint density at radius 3 is 2.84 bits per heavy atom. The van der Waals surface area contributed by atoms with Crippen LogP contribution in [0.1, 0.15) is 6.42 Å². The summed E-state index contributed by atoms with van der Waals surface area (Å²) >= 11 is 0.705. The van der Waals surface area contributed by atoms with E-state index in [1.54, 1.807) is 17.6 Å². The highest BCUT2D eigenvalue weighted by Crippen LogP contribution is 2.30. The van der Waals surface area contributed by atoms with Crippen molar-refractivity contribution in [2.24, 2.45) is 4.99 Å². The van der Waals surface area contributed by atoms with Crippen LogP contribution < -0.4 is 5.32 Å². The van der Waals surface area contributed by atoms with E-state index in [9.17, 15) is 4.55 Å². The Bertz CT molecular complexity index is 1140. The number of nitrogens with one attached hydrogen (secondary N) is 2. The molecule has 2 N–H and O–H groups in total. The molecule has 1 unspecified atom stereocenters. The quantitative estimate of drug-likeness (QED) is 0.589. The molecule has 160 valence electrons. The minimum atomic E-state index is -0.903. The van der Waals surface area contributed by atoms with E-state index in [2.05, 4.69) is 49.7 Å². The number of aromatic nitrogens is 3. The summed E-state index contributed by atoms with van der Waals surface area (Å²) in [6.07, 6.45) is 12.3. The average molecular weight is 454 g/mol. The number of hydrogen-bond donors (Lipinski definition) is 2. The number of H-pyrrole nitrogens is 1. The van der Waals surface area contributed by atoms with Gasteiger partial charge in [-0.3, -0.25) is 5.10 Å². The van der Waals surface area contributed by atoms with Gasteiger partial charge in [0, 0.05) is 60.6 Å². The Labute approximate surface area is 187 Å². The number of piperazine rings is 1. The highest BCUT2D eigenvalue weighted by molar-refractivity contribution is 7.88. The highest BCUT2D eigenvalue weighted by Gasteiger charge is 2.24. The Hall–Kier alpha value is -2.66. The number of benzene rings is 1. The van der Waals surface area contributed by atoms with E-state index in [0.29, 0.717) is 0 Å². The van der Waals surface area contributed by atoms with Crippen LogP contribution >= 0.6 is 11.3 Å². The zero-order valence-electron chi connectivity index (χ0n) is 17.1. The van der Waals surface area contributed by atoms with Crippen LogP contribution in [0.2, 0.25) is 0 Å². The number of fused-ring (bicyclic) bond motifs is 1. The fourth-order valence-electron chi connectivity index (χ4n) is 3.76. The zero-order valence-corrected chi connectivity index (χ0v) is 18.7. The third-order valence-electron chi connectivity index (χ3n) is 5.41. The van der Waals surface area contributed by atoms with E-state index in [0.717, 1.165) is 64.9 Å². The number of thiazole rings is 1. The fourth-order valence-corrected chi connectivity index (χ4v) is 5.35. The van der Waals surface area contributed by atoms with E-state index >= 15 is 0 Å². The molecule has 0 radical (unpaired) electrons. The van der Waals surface area contributed by atoms with Crippen LogP contribution in [0.15, 0.2) is 59.6 Å². The summed E-state index contributed by atoms with van der Waals surface area (Å²) in [6, 6.07) is 6.23. The van der Waals surface area contributed by atoms with Gasteiger partial charge >= 0.3 is 0 Å². The van der Waals surface area contributed by atoms with Crippen molar-refractivity contribution in [3.8, 4) is 11.1 Å². The molecule has 10 heteroatoms. The van der Waals surface area contributed by atoms with Crippen LogP contribution in [0.4, 0.5) is 5.13 Å². The molecule has 1 atom stereocenters.